The van der Waals surface area contributed by atoms with Crippen LogP contribution in [0.2, 0.25) is 0 Å². The van der Waals surface area contributed by atoms with Gasteiger partial charge in [0, 0.05) is 11.8 Å². The number of sulfonamides is 1. The highest BCUT2D eigenvalue weighted by atomic mass is 32.2. The minimum absolute atomic E-state index is 0.0949. The van der Waals surface area contributed by atoms with Gasteiger partial charge in [0.05, 0.1) is 18.0 Å². The highest BCUT2D eigenvalue weighted by molar-refractivity contribution is 7.88. The molecule has 2 aromatic rings. The zero-order chi connectivity index (χ0) is 13.7. The van der Waals surface area contributed by atoms with E-state index in [0.29, 0.717) is 5.69 Å². The SMILES string of the molecule is O=S(=O)(Cc1ccccc1F)NCc1ccccn1. The van der Waals surface area contributed by atoms with E-state index >= 15 is 0 Å². The van der Waals surface area contributed by atoms with Crippen molar-refractivity contribution in [1.82, 2.24) is 9.71 Å². The summed E-state index contributed by atoms with van der Waals surface area (Å²) in [4.78, 5) is 4.01. The molecule has 0 fully saturated rings. The number of hydrogen-bond donors (Lipinski definition) is 1. The predicted octanol–water partition coefficient (Wildman–Crippen LogP) is 1.84. The first kappa shape index (κ1) is 13.6. The summed E-state index contributed by atoms with van der Waals surface area (Å²) in [5.41, 5.74) is 0.760. The molecule has 0 atom stereocenters. The average Bonchev–Trinajstić information content (AvgIpc) is 2.40. The van der Waals surface area contributed by atoms with E-state index in [1.54, 1.807) is 30.5 Å². The lowest BCUT2D eigenvalue weighted by molar-refractivity contribution is 0.573. The first-order valence-electron chi connectivity index (χ1n) is 5.67. The van der Waals surface area contributed by atoms with Crippen LogP contribution in [0.5, 0.6) is 0 Å². The number of pyridine rings is 1. The molecular weight excluding hydrogens is 267 g/mol. The van der Waals surface area contributed by atoms with E-state index < -0.39 is 15.8 Å². The zero-order valence-corrected chi connectivity index (χ0v) is 10.9. The minimum Gasteiger partial charge on any atom is -0.260 e. The number of benzene rings is 1. The highest BCUT2D eigenvalue weighted by Crippen LogP contribution is 2.10. The summed E-state index contributed by atoms with van der Waals surface area (Å²) in [7, 11) is -3.59. The van der Waals surface area contributed by atoms with Crippen molar-refractivity contribution < 1.29 is 12.8 Å². The van der Waals surface area contributed by atoms with Gasteiger partial charge in [0.1, 0.15) is 5.82 Å². The van der Waals surface area contributed by atoms with Crippen LogP contribution in [0.1, 0.15) is 11.3 Å². The number of hydrogen-bond acceptors (Lipinski definition) is 3. The molecule has 1 aromatic carbocycles. The van der Waals surface area contributed by atoms with Crippen molar-refractivity contribution in [2.24, 2.45) is 0 Å². The number of nitrogens with zero attached hydrogens (tertiary/aromatic N) is 1. The maximum absolute atomic E-state index is 13.4. The van der Waals surface area contributed by atoms with Gasteiger partial charge in [-0.2, -0.15) is 0 Å². The van der Waals surface area contributed by atoms with E-state index in [-0.39, 0.29) is 17.9 Å². The molecule has 0 amide bonds. The molecule has 4 nitrogen and oxygen atoms in total. The van der Waals surface area contributed by atoms with E-state index in [1.807, 2.05) is 0 Å². The maximum atomic E-state index is 13.4. The molecule has 1 heterocycles. The van der Waals surface area contributed by atoms with Gasteiger partial charge >= 0.3 is 0 Å². The minimum atomic E-state index is -3.59. The van der Waals surface area contributed by atoms with Crippen molar-refractivity contribution in [3.63, 3.8) is 0 Å². The Kier molecular flexibility index (Phi) is 4.24. The summed E-state index contributed by atoms with van der Waals surface area (Å²) >= 11 is 0. The molecule has 100 valence electrons. The van der Waals surface area contributed by atoms with Crippen LogP contribution in [-0.4, -0.2) is 13.4 Å². The van der Waals surface area contributed by atoms with E-state index in [1.165, 1.54) is 18.2 Å². The van der Waals surface area contributed by atoms with E-state index in [0.717, 1.165) is 0 Å². The molecule has 0 bridgehead atoms. The molecule has 2 rings (SSSR count). The van der Waals surface area contributed by atoms with Gasteiger partial charge in [-0.3, -0.25) is 4.98 Å². The molecule has 1 aromatic heterocycles. The summed E-state index contributed by atoms with van der Waals surface area (Å²) in [6, 6.07) is 11.1. The summed E-state index contributed by atoms with van der Waals surface area (Å²) in [5.74, 6) is -0.905. The molecule has 0 aliphatic rings. The second-order valence-electron chi connectivity index (χ2n) is 3.99. The fourth-order valence-electron chi connectivity index (χ4n) is 1.56. The molecule has 0 radical (unpaired) electrons. The maximum Gasteiger partial charge on any atom is 0.216 e. The lowest BCUT2D eigenvalue weighted by atomic mass is 10.2. The van der Waals surface area contributed by atoms with E-state index in [2.05, 4.69) is 9.71 Å². The Morgan fingerprint density at radius 2 is 1.84 bits per heavy atom. The van der Waals surface area contributed by atoms with Gasteiger partial charge in [-0.05, 0) is 18.2 Å². The van der Waals surface area contributed by atoms with Crippen LogP contribution in [0.3, 0.4) is 0 Å². The molecule has 19 heavy (non-hydrogen) atoms. The summed E-state index contributed by atoms with van der Waals surface area (Å²) in [6.45, 7) is 0.0949. The second kappa shape index (κ2) is 5.90. The van der Waals surface area contributed by atoms with Gasteiger partial charge in [0.2, 0.25) is 10.0 Å². The normalized spacial score (nSPS) is 11.4. The molecule has 0 aliphatic heterocycles. The third-order valence-corrected chi connectivity index (χ3v) is 3.78. The van der Waals surface area contributed by atoms with E-state index in [9.17, 15) is 12.8 Å². The Hall–Kier alpha value is -1.79. The van der Waals surface area contributed by atoms with Crippen LogP contribution in [0.15, 0.2) is 48.7 Å². The number of aromatic nitrogens is 1. The third kappa shape index (κ3) is 4.11. The highest BCUT2D eigenvalue weighted by Gasteiger charge is 2.14. The van der Waals surface area contributed by atoms with Crippen LogP contribution < -0.4 is 4.72 Å². The van der Waals surface area contributed by atoms with Crippen LogP contribution in [0.4, 0.5) is 4.39 Å². The topological polar surface area (TPSA) is 59.1 Å². The summed E-state index contributed by atoms with van der Waals surface area (Å²) in [6.07, 6.45) is 1.58. The quantitative estimate of drug-likeness (QED) is 0.909. The molecular formula is C13H13FN2O2S. The van der Waals surface area contributed by atoms with Gasteiger partial charge < -0.3 is 0 Å². The van der Waals surface area contributed by atoms with Crippen molar-refractivity contribution in [3.8, 4) is 0 Å². The third-order valence-electron chi connectivity index (χ3n) is 2.50. The lowest BCUT2D eigenvalue weighted by Gasteiger charge is -2.07. The van der Waals surface area contributed by atoms with Crippen molar-refractivity contribution in [3.05, 3.63) is 65.7 Å². The molecule has 0 unspecified atom stereocenters. The van der Waals surface area contributed by atoms with Gasteiger partial charge in [-0.1, -0.05) is 24.3 Å². The molecule has 1 N–H and O–H groups in total. The smallest absolute Gasteiger partial charge is 0.216 e. The predicted molar refractivity (Wildman–Crippen MR) is 70.1 cm³/mol. The average molecular weight is 280 g/mol. The Morgan fingerprint density at radius 1 is 1.11 bits per heavy atom. The van der Waals surface area contributed by atoms with Crippen molar-refractivity contribution in [1.29, 1.82) is 0 Å². The van der Waals surface area contributed by atoms with Crippen molar-refractivity contribution in [2.45, 2.75) is 12.3 Å². The molecule has 0 aliphatic carbocycles. The fraction of sp³-hybridized carbons (Fsp3) is 0.154. The number of halogens is 1. The second-order valence-corrected chi connectivity index (χ2v) is 5.80. The number of rotatable bonds is 5. The van der Waals surface area contributed by atoms with Crippen molar-refractivity contribution >= 4 is 10.0 Å². The van der Waals surface area contributed by atoms with Gasteiger partial charge in [0.25, 0.3) is 0 Å². The monoisotopic (exact) mass is 280 g/mol. The van der Waals surface area contributed by atoms with Crippen LogP contribution in [0.25, 0.3) is 0 Å². The molecule has 0 spiro atoms. The zero-order valence-electron chi connectivity index (χ0n) is 10.1. The van der Waals surface area contributed by atoms with Crippen LogP contribution in [-0.2, 0) is 22.3 Å². The molecule has 6 heteroatoms. The standard InChI is InChI=1S/C13H13FN2O2S/c14-13-7-2-1-5-11(13)10-19(17,18)16-9-12-6-3-4-8-15-12/h1-8,16H,9-10H2. The Labute approximate surface area is 111 Å². The van der Waals surface area contributed by atoms with Gasteiger partial charge in [-0.15, -0.1) is 0 Å². The largest absolute Gasteiger partial charge is 0.260 e. The first-order valence-corrected chi connectivity index (χ1v) is 7.33. The summed E-state index contributed by atoms with van der Waals surface area (Å²) < 4.78 is 39.4. The lowest BCUT2D eigenvalue weighted by Crippen LogP contribution is -2.25. The van der Waals surface area contributed by atoms with Crippen LogP contribution >= 0.6 is 0 Å². The molecule has 0 saturated carbocycles. The number of nitrogens with one attached hydrogen (secondary N) is 1. The van der Waals surface area contributed by atoms with Crippen LogP contribution in [0, 0.1) is 5.82 Å². The Balaban J connectivity index is 2.02. The Morgan fingerprint density at radius 3 is 2.53 bits per heavy atom. The van der Waals surface area contributed by atoms with Crippen molar-refractivity contribution in [2.75, 3.05) is 0 Å². The van der Waals surface area contributed by atoms with E-state index in [4.69, 9.17) is 0 Å². The first-order chi connectivity index (χ1) is 9.07. The molecule has 0 saturated heterocycles. The summed E-state index contributed by atoms with van der Waals surface area (Å²) in [5, 5.41) is 0. The fourth-order valence-corrected chi connectivity index (χ4v) is 2.67. The van der Waals surface area contributed by atoms with Gasteiger partial charge in [-0.25, -0.2) is 17.5 Å². The Bertz CT molecular complexity index is 645. The van der Waals surface area contributed by atoms with Gasteiger partial charge in [0.15, 0.2) is 0 Å².